The molecule has 0 bridgehead atoms. The van der Waals surface area contributed by atoms with E-state index in [1.54, 1.807) is 29.2 Å². The Labute approximate surface area is 119 Å². The highest BCUT2D eigenvalue weighted by Gasteiger charge is 2.18. The first-order valence-electron chi connectivity index (χ1n) is 7.34. The van der Waals surface area contributed by atoms with Crippen LogP contribution in [-0.4, -0.2) is 38.3 Å². The van der Waals surface area contributed by atoms with Crippen LogP contribution in [0.25, 0.3) is 5.65 Å². The molecule has 2 rings (SSSR count). The van der Waals surface area contributed by atoms with E-state index in [9.17, 15) is 4.79 Å². The second-order valence-corrected chi connectivity index (χ2v) is 4.95. The highest BCUT2D eigenvalue weighted by molar-refractivity contribution is 5.93. The zero-order chi connectivity index (χ0) is 14.4. The van der Waals surface area contributed by atoms with Gasteiger partial charge < -0.3 is 4.90 Å². The van der Waals surface area contributed by atoms with Crippen molar-refractivity contribution < 1.29 is 4.79 Å². The van der Waals surface area contributed by atoms with Crippen molar-refractivity contribution in [3.63, 3.8) is 0 Å². The lowest BCUT2D eigenvalue weighted by Gasteiger charge is -2.22. The Balaban J connectivity index is 2.21. The van der Waals surface area contributed by atoms with E-state index in [0.717, 1.165) is 38.8 Å². The second kappa shape index (κ2) is 7.03. The molecule has 0 fully saturated rings. The molecule has 20 heavy (non-hydrogen) atoms. The number of imidazole rings is 1. The van der Waals surface area contributed by atoms with Gasteiger partial charge in [-0.3, -0.25) is 14.2 Å². The van der Waals surface area contributed by atoms with Crippen LogP contribution < -0.4 is 0 Å². The molecule has 0 aromatic carbocycles. The summed E-state index contributed by atoms with van der Waals surface area (Å²) in [4.78, 5) is 22.9. The minimum Gasteiger partial charge on any atom is -0.337 e. The van der Waals surface area contributed by atoms with E-state index in [2.05, 4.69) is 23.8 Å². The third kappa shape index (κ3) is 3.15. The largest absolute Gasteiger partial charge is 0.337 e. The fourth-order valence-corrected chi connectivity index (χ4v) is 2.18. The molecule has 0 radical (unpaired) electrons. The standard InChI is InChI=1S/C15H22N4O/c1-3-5-8-18(9-6-4-2)15(20)13-11-17-14-12-16-7-10-19(13)14/h7,10-12H,3-6,8-9H2,1-2H3. The van der Waals surface area contributed by atoms with E-state index in [1.807, 2.05) is 4.90 Å². The highest BCUT2D eigenvalue weighted by Crippen LogP contribution is 2.10. The number of nitrogens with zero attached hydrogens (tertiary/aromatic N) is 4. The Bertz CT molecular complexity index is 556. The molecule has 0 N–H and O–H groups in total. The van der Waals surface area contributed by atoms with Crippen molar-refractivity contribution >= 4 is 11.6 Å². The van der Waals surface area contributed by atoms with E-state index in [1.165, 1.54) is 0 Å². The SMILES string of the molecule is CCCCN(CCCC)C(=O)c1cnc2cnccn12. The van der Waals surface area contributed by atoms with Gasteiger partial charge in [-0.1, -0.05) is 26.7 Å². The summed E-state index contributed by atoms with van der Waals surface area (Å²) in [6.07, 6.45) is 11.0. The maximum Gasteiger partial charge on any atom is 0.272 e. The average Bonchev–Trinajstić information content (AvgIpc) is 2.91. The Morgan fingerprint density at radius 2 is 1.90 bits per heavy atom. The predicted octanol–water partition coefficient (Wildman–Crippen LogP) is 2.77. The van der Waals surface area contributed by atoms with Crippen LogP contribution in [0.4, 0.5) is 0 Å². The molecule has 108 valence electrons. The number of rotatable bonds is 7. The minimum atomic E-state index is 0.0607. The third-order valence-electron chi connectivity index (χ3n) is 3.39. The molecule has 0 spiro atoms. The Morgan fingerprint density at radius 3 is 2.55 bits per heavy atom. The summed E-state index contributed by atoms with van der Waals surface area (Å²) in [5.41, 5.74) is 1.33. The fraction of sp³-hybridized carbons (Fsp3) is 0.533. The number of unbranched alkanes of at least 4 members (excludes halogenated alkanes) is 2. The number of aromatic nitrogens is 3. The molecule has 0 unspecified atom stereocenters. The first kappa shape index (κ1) is 14.5. The summed E-state index contributed by atoms with van der Waals surface area (Å²) >= 11 is 0. The molecule has 0 atom stereocenters. The lowest BCUT2D eigenvalue weighted by molar-refractivity contribution is 0.0744. The van der Waals surface area contributed by atoms with Gasteiger partial charge in [0.25, 0.3) is 5.91 Å². The number of fused-ring (bicyclic) bond motifs is 1. The fourth-order valence-electron chi connectivity index (χ4n) is 2.18. The van der Waals surface area contributed by atoms with Crippen molar-refractivity contribution in [3.05, 3.63) is 30.5 Å². The number of carbonyl (C=O) groups is 1. The maximum atomic E-state index is 12.7. The maximum absolute atomic E-state index is 12.7. The smallest absolute Gasteiger partial charge is 0.272 e. The van der Waals surface area contributed by atoms with Gasteiger partial charge in [-0.05, 0) is 12.8 Å². The molecular formula is C15H22N4O. The van der Waals surface area contributed by atoms with Crippen molar-refractivity contribution in [2.24, 2.45) is 0 Å². The van der Waals surface area contributed by atoms with Crippen molar-refractivity contribution in [2.75, 3.05) is 13.1 Å². The van der Waals surface area contributed by atoms with Crippen LogP contribution in [0.15, 0.2) is 24.8 Å². The molecular weight excluding hydrogens is 252 g/mol. The van der Waals surface area contributed by atoms with Crippen molar-refractivity contribution in [1.29, 1.82) is 0 Å². The van der Waals surface area contributed by atoms with Gasteiger partial charge >= 0.3 is 0 Å². The molecule has 5 heteroatoms. The van der Waals surface area contributed by atoms with Gasteiger partial charge in [-0.25, -0.2) is 4.98 Å². The second-order valence-electron chi connectivity index (χ2n) is 4.95. The van der Waals surface area contributed by atoms with Gasteiger partial charge in [0.1, 0.15) is 5.69 Å². The molecule has 2 aromatic rings. The number of hydrogen-bond donors (Lipinski definition) is 0. The van der Waals surface area contributed by atoms with E-state index in [0.29, 0.717) is 11.3 Å². The first-order valence-corrected chi connectivity index (χ1v) is 7.34. The molecule has 1 amide bonds. The van der Waals surface area contributed by atoms with Crippen LogP contribution in [0.2, 0.25) is 0 Å². The van der Waals surface area contributed by atoms with Crippen LogP contribution in [-0.2, 0) is 0 Å². The zero-order valence-corrected chi connectivity index (χ0v) is 12.2. The van der Waals surface area contributed by atoms with Gasteiger partial charge in [0.15, 0.2) is 5.65 Å². The topological polar surface area (TPSA) is 50.5 Å². The molecule has 0 aliphatic carbocycles. The van der Waals surface area contributed by atoms with Crippen LogP contribution in [0.1, 0.15) is 50.0 Å². The summed E-state index contributed by atoms with van der Waals surface area (Å²) in [5, 5.41) is 0. The Morgan fingerprint density at radius 1 is 1.20 bits per heavy atom. The third-order valence-corrected chi connectivity index (χ3v) is 3.39. The summed E-state index contributed by atoms with van der Waals surface area (Å²) in [7, 11) is 0. The van der Waals surface area contributed by atoms with E-state index < -0.39 is 0 Å². The lowest BCUT2D eigenvalue weighted by atomic mass is 10.2. The zero-order valence-electron chi connectivity index (χ0n) is 12.2. The normalized spacial score (nSPS) is 10.9. The molecule has 2 heterocycles. The lowest BCUT2D eigenvalue weighted by Crippen LogP contribution is -2.33. The first-order chi connectivity index (χ1) is 9.77. The average molecular weight is 274 g/mol. The summed E-state index contributed by atoms with van der Waals surface area (Å²) in [6, 6.07) is 0. The van der Waals surface area contributed by atoms with Crippen LogP contribution in [0.5, 0.6) is 0 Å². The van der Waals surface area contributed by atoms with Gasteiger partial charge in [0, 0.05) is 25.5 Å². The monoisotopic (exact) mass is 274 g/mol. The quantitative estimate of drug-likeness (QED) is 0.780. The van der Waals surface area contributed by atoms with E-state index in [4.69, 9.17) is 0 Å². The molecule has 0 saturated carbocycles. The molecule has 0 saturated heterocycles. The minimum absolute atomic E-state index is 0.0607. The molecule has 0 aliphatic rings. The van der Waals surface area contributed by atoms with Crippen molar-refractivity contribution in [2.45, 2.75) is 39.5 Å². The Kier molecular flexibility index (Phi) is 5.09. The van der Waals surface area contributed by atoms with Gasteiger partial charge in [0.05, 0.1) is 12.4 Å². The van der Waals surface area contributed by atoms with Crippen LogP contribution in [0.3, 0.4) is 0 Å². The van der Waals surface area contributed by atoms with Gasteiger partial charge in [-0.2, -0.15) is 0 Å². The van der Waals surface area contributed by atoms with Crippen molar-refractivity contribution in [1.82, 2.24) is 19.3 Å². The highest BCUT2D eigenvalue weighted by atomic mass is 16.2. The van der Waals surface area contributed by atoms with Gasteiger partial charge in [0.2, 0.25) is 0 Å². The summed E-state index contributed by atoms with van der Waals surface area (Å²) in [6.45, 7) is 5.91. The van der Waals surface area contributed by atoms with Crippen LogP contribution in [0, 0.1) is 0 Å². The number of amides is 1. The predicted molar refractivity (Wildman–Crippen MR) is 78.7 cm³/mol. The van der Waals surface area contributed by atoms with E-state index >= 15 is 0 Å². The molecule has 5 nitrogen and oxygen atoms in total. The van der Waals surface area contributed by atoms with E-state index in [-0.39, 0.29) is 5.91 Å². The number of hydrogen-bond acceptors (Lipinski definition) is 3. The number of carbonyl (C=O) groups excluding carboxylic acids is 1. The van der Waals surface area contributed by atoms with Crippen LogP contribution >= 0.6 is 0 Å². The molecule has 2 aromatic heterocycles. The van der Waals surface area contributed by atoms with Crippen molar-refractivity contribution in [3.8, 4) is 0 Å². The van der Waals surface area contributed by atoms with Gasteiger partial charge in [-0.15, -0.1) is 0 Å². The summed E-state index contributed by atoms with van der Waals surface area (Å²) < 4.78 is 1.81. The summed E-state index contributed by atoms with van der Waals surface area (Å²) in [5.74, 6) is 0.0607. The Hall–Kier alpha value is -1.91. The molecule has 0 aliphatic heterocycles.